The highest BCUT2D eigenvalue weighted by Gasteiger charge is 2.21. The summed E-state index contributed by atoms with van der Waals surface area (Å²) in [6.07, 6.45) is 1.51. The second-order valence-corrected chi connectivity index (χ2v) is 7.02. The average molecular weight is 389 g/mol. The first kappa shape index (κ1) is 19.5. The molecule has 0 fully saturated rings. The summed E-state index contributed by atoms with van der Waals surface area (Å²) < 4.78 is 7.15. The molecule has 27 heavy (non-hydrogen) atoms. The number of hydrogen-bond acceptors (Lipinski definition) is 4. The summed E-state index contributed by atoms with van der Waals surface area (Å²) in [5, 5.41) is 3.08. The number of para-hydroxylation sites is 1. The highest BCUT2D eigenvalue weighted by atomic mass is 35.5. The molecule has 0 saturated heterocycles. The Bertz CT molecular complexity index is 1020. The third kappa shape index (κ3) is 3.59. The number of nitrogens with one attached hydrogen (secondary N) is 1. The first-order valence-corrected chi connectivity index (χ1v) is 9.02. The van der Waals surface area contributed by atoms with E-state index in [1.807, 2.05) is 13.0 Å². The Morgan fingerprint density at radius 2 is 2.00 bits per heavy atom. The van der Waals surface area contributed by atoms with Gasteiger partial charge < -0.3 is 4.74 Å². The Hall–Kier alpha value is -2.31. The molecule has 144 valence electrons. The standard InChI is InChI=1S/C20H24N4O2.ClH/c1-13-5-4-6-15(19(13)26-3)12-23-9-7-16-17(8-10-23)21-18-11-14(2)22-24(18)20(16)25;/h4-6,11,22H,7-10,12H2,1-3H3;1H. The van der Waals surface area contributed by atoms with Gasteiger partial charge in [-0.15, -0.1) is 12.4 Å². The lowest BCUT2D eigenvalue weighted by atomic mass is 10.1. The van der Waals surface area contributed by atoms with Gasteiger partial charge in [0.2, 0.25) is 0 Å². The van der Waals surface area contributed by atoms with Gasteiger partial charge in [-0.25, -0.2) is 9.50 Å². The molecule has 3 heterocycles. The van der Waals surface area contributed by atoms with Crippen molar-refractivity contribution in [3.63, 3.8) is 0 Å². The summed E-state index contributed by atoms with van der Waals surface area (Å²) in [6, 6.07) is 8.17. The predicted octanol–water partition coefficient (Wildman–Crippen LogP) is 2.67. The lowest BCUT2D eigenvalue weighted by Crippen LogP contribution is -2.27. The number of halogens is 1. The van der Waals surface area contributed by atoms with E-state index >= 15 is 0 Å². The lowest BCUT2D eigenvalue weighted by Gasteiger charge is -2.21. The van der Waals surface area contributed by atoms with Crippen LogP contribution in [0.15, 0.2) is 29.1 Å². The summed E-state index contributed by atoms with van der Waals surface area (Å²) in [6.45, 7) is 6.55. The van der Waals surface area contributed by atoms with E-state index < -0.39 is 0 Å². The van der Waals surface area contributed by atoms with Crippen LogP contribution in [0.1, 0.15) is 28.1 Å². The van der Waals surface area contributed by atoms with E-state index in [1.54, 1.807) is 11.6 Å². The minimum absolute atomic E-state index is 0. The Morgan fingerprint density at radius 3 is 2.78 bits per heavy atom. The number of benzene rings is 1. The quantitative estimate of drug-likeness (QED) is 0.749. The van der Waals surface area contributed by atoms with E-state index in [9.17, 15) is 4.79 Å². The van der Waals surface area contributed by atoms with Crippen LogP contribution in [0.4, 0.5) is 0 Å². The zero-order chi connectivity index (χ0) is 18.3. The van der Waals surface area contributed by atoms with Crippen molar-refractivity contribution in [2.75, 3.05) is 20.2 Å². The molecule has 6 nitrogen and oxygen atoms in total. The Kier molecular flexibility index (Phi) is 5.58. The number of fused-ring (bicyclic) bond motifs is 2. The van der Waals surface area contributed by atoms with E-state index in [1.165, 1.54) is 5.56 Å². The molecule has 0 spiro atoms. The molecule has 3 aromatic rings. The van der Waals surface area contributed by atoms with Crippen LogP contribution in [-0.4, -0.2) is 39.7 Å². The summed E-state index contributed by atoms with van der Waals surface area (Å²) in [5.74, 6) is 0.955. The maximum Gasteiger partial charge on any atom is 0.276 e. The van der Waals surface area contributed by atoms with Gasteiger partial charge in [-0.2, -0.15) is 0 Å². The normalized spacial score (nSPS) is 14.5. The number of nitrogens with zero attached hydrogens (tertiary/aromatic N) is 3. The molecule has 1 aromatic carbocycles. The monoisotopic (exact) mass is 388 g/mol. The molecule has 1 aliphatic heterocycles. The van der Waals surface area contributed by atoms with Crippen LogP contribution in [0, 0.1) is 13.8 Å². The second-order valence-electron chi connectivity index (χ2n) is 7.02. The second kappa shape index (κ2) is 7.74. The molecule has 2 aromatic heterocycles. The summed E-state index contributed by atoms with van der Waals surface area (Å²) in [7, 11) is 1.72. The van der Waals surface area contributed by atoms with Gasteiger partial charge in [-0.1, -0.05) is 18.2 Å². The Morgan fingerprint density at radius 1 is 1.22 bits per heavy atom. The molecule has 0 radical (unpaired) electrons. The van der Waals surface area contributed by atoms with E-state index in [2.05, 4.69) is 35.1 Å². The number of methoxy groups -OCH3 is 1. The Labute approximate surface area is 164 Å². The van der Waals surface area contributed by atoms with Crippen LogP contribution in [-0.2, 0) is 19.4 Å². The minimum atomic E-state index is 0. The zero-order valence-electron chi connectivity index (χ0n) is 15.9. The van der Waals surface area contributed by atoms with Crippen molar-refractivity contribution in [2.24, 2.45) is 0 Å². The van der Waals surface area contributed by atoms with Crippen LogP contribution in [0.3, 0.4) is 0 Å². The molecule has 7 heteroatoms. The molecule has 0 unspecified atom stereocenters. The van der Waals surface area contributed by atoms with Gasteiger partial charge >= 0.3 is 0 Å². The fourth-order valence-corrected chi connectivity index (χ4v) is 3.86. The van der Waals surface area contributed by atoms with Crippen molar-refractivity contribution in [2.45, 2.75) is 33.2 Å². The van der Waals surface area contributed by atoms with Gasteiger partial charge in [0, 0.05) is 48.9 Å². The van der Waals surface area contributed by atoms with Gasteiger partial charge in [0.05, 0.1) is 12.8 Å². The fraction of sp³-hybridized carbons (Fsp3) is 0.400. The first-order valence-electron chi connectivity index (χ1n) is 9.02. The van der Waals surface area contributed by atoms with E-state index in [4.69, 9.17) is 9.72 Å². The molecule has 1 aliphatic rings. The average Bonchev–Trinajstić information content (AvgIpc) is 2.87. The van der Waals surface area contributed by atoms with Crippen LogP contribution in [0.2, 0.25) is 0 Å². The van der Waals surface area contributed by atoms with Gasteiger partial charge in [0.25, 0.3) is 5.56 Å². The summed E-state index contributed by atoms with van der Waals surface area (Å²) in [5.41, 5.74) is 5.80. The largest absolute Gasteiger partial charge is 0.496 e. The molecule has 0 bridgehead atoms. The zero-order valence-corrected chi connectivity index (χ0v) is 16.7. The minimum Gasteiger partial charge on any atom is -0.496 e. The number of ether oxygens (including phenoxy) is 1. The molecule has 4 rings (SSSR count). The van der Waals surface area contributed by atoms with Crippen molar-refractivity contribution in [1.82, 2.24) is 19.5 Å². The van der Waals surface area contributed by atoms with Crippen LogP contribution >= 0.6 is 12.4 Å². The van der Waals surface area contributed by atoms with Gasteiger partial charge in [0.1, 0.15) is 5.75 Å². The van der Waals surface area contributed by atoms with Crippen LogP contribution in [0.5, 0.6) is 5.75 Å². The molecular weight excluding hydrogens is 364 g/mol. The molecule has 1 N–H and O–H groups in total. The highest BCUT2D eigenvalue weighted by Crippen LogP contribution is 2.25. The van der Waals surface area contributed by atoms with Crippen molar-refractivity contribution >= 4 is 18.1 Å². The highest BCUT2D eigenvalue weighted by molar-refractivity contribution is 5.85. The number of aromatic amines is 1. The van der Waals surface area contributed by atoms with Gasteiger partial charge in [-0.3, -0.25) is 14.8 Å². The number of H-pyrrole nitrogens is 1. The molecule has 0 aliphatic carbocycles. The maximum atomic E-state index is 12.8. The summed E-state index contributed by atoms with van der Waals surface area (Å²) in [4.78, 5) is 19.9. The van der Waals surface area contributed by atoms with Gasteiger partial charge in [0.15, 0.2) is 5.65 Å². The van der Waals surface area contributed by atoms with E-state index in [0.29, 0.717) is 5.65 Å². The van der Waals surface area contributed by atoms with Crippen molar-refractivity contribution in [1.29, 1.82) is 0 Å². The number of aryl methyl sites for hydroxylation is 2. The first-order chi connectivity index (χ1) is 12.6. The van der Waals surface area contributed by atoms with Crippen molar-refractivity contribution in [3.05, 3.63) is 62.7 Å². The fourth-order valence-electron chi connectivity index (χ4n) is 3.86. The smallest absolute Gasteiger partial charge is 0.276 e. The Balaban J connectivity index is 0.00000210. The van der Waals surface area contributed by atoms with Crippen molar-refractivity contribution in [3.8, 4) is 5.75 Å². The molecule has 0 atom stereocenters. The third-order valence-corrected chi connectivity index (χ3v) is 5.16. The van der Waals surface area contributed by atoms with Crippen LogP contribution < -0.4 is 10.3 Å². The number of aromatic nitrogens is 3. The third-order valence-electron chi connectivity index (χ3n) is 5.16. The van der Waals surface area contributed by atoms with Crippen LogP contribution in [0.25, 0.3) is 5.65 Å². The van der Waals surface area contributed by atoms with E-state index in [0.717, 1.165) is 60.7 Å². The predicted molar refractivity (Wildman–Crippen MR) is 108 cm³/mol. The van der Waals surface area contributed by atoms with Crippen molar-refractivity contribution < 1.29 is 4.74 Å². The topological polar surface area (TPSA) is 62.6 Å². The summed E-state index contributed by atoms with van der Waals surface area (Å²) >= 11 is 0. The molecular formula is C20H25ClN4O2. The molecule has 0 saturated carbocycles. The number of hydrogen-bond donors (Lipinski definition) is 1. The van der Waals surface area contributed by atoms with E-state index in [-0.39, 0.29) is 18.0 Å². The molecule has 0 amide bonds. The lowest BCUT2D eigenvalue weighted by molar-refractivity contribution is 0.273. The van der Waals surface area contributed by atoms with Gasteiger partial charge in [-0.05, 0) is 25.8 Å². The number of rotatable bonds is 3. The maximum absolute atomic E-state index is 12.8. The SMILES string of the molecule is COc1c(C)cccc1CN1CCc2nc3cc(C)[nH]n3c(=O)c2CC1.Cl.